The molecule has 13 heteroatoms. The Morgan fingerprint density at radius 2 is 2.07 bits per heavy atom. The van der Waals surface area contributed by atoms with Gasteiger partial charge in [0.15, 0.2) is 5.69 Å². The molecule has 1 aliphatic heterocycles. The number of hydrogen-bond acceptors (Lipinski definition) is 10. The first-order chi connectivity index (χ1) is 20.9. The minimum Gasteiger partial charge on any atom is -0.493 e. The van der Waals surface area contributed by atoms with E-state index in [0.717, 1.165) is 32.4 Å². The number of likely N-dealkylation sites (tertiary alicyclic amines) is 1. The van der Waals surface area contributed by atoms with Crippen molar-refractivity contribution in [2.24, 2.45) is 0 Å². The Labute approximate surface area is 247 Å². The fraction of sp³-hybridized carbons (Fsp3) is 0.367. The average molecular weight is 592 g/mol. The van der Waals surface area contributed by atoms with Crippen LogP contribution in [0.4, 0.5) is 21.6 Å². The number of carbonyl (C=O) groups excluding carboxylic acids is 2. The van der Waals surface area contributed by atoms with Crippen LogP contribution in [0.2, 0.25) is 0 Å². The van der Waals surface area contributed by atoms with Gasteiger partial charge in [0.1, 0.15) is 30.3 Å². The number of amides is 1. The number of aliphatic hydroxyl groups excluding tert-OH is 1. The van der Waals surface area contributed by atoms with Crippen molar-refractivity contribution in [3.05, 3.63) is 66.5 Å². The molecular formula is C30H34FN7O5. The third-order valence-electron chi connectivity index (χ3n) is 7.07. The predicted octanol–water partition coefficient (Wildman–Crippen LogP) is 3.75. The minimum atomic E-state index is -0.664. The maximum Gasteiger partial charge on any atom is 0.361 e. The summed E-state index contributed by atoms with van der Waals surface area (Å²) in [4.78, 5) is 36.3. The zero-order valence-corrected chi connectivity index (χ0v) is 23.8. The molecule has 0 radical (unpaired) electrons. The SMILES string of the molecule is CCOC(=O)c1nn(CC(=O)Nc2cccc(F)c2)cc1Nc1ncnc2cc(OCCCN3CCC[C@@H]3CO)ccc12. The predicted molar refractivity (Wildman–Crippen MR) is 158 cm³/mol. The summed E-state index contributed by atoms with van der Waals surface area (Å²) in [5.74, 6) is -0.499. The number of rotatable bonds is 13. The molecule has 0 saturated carbocycles. The third-order valence-corrected chi connectivity index (χ3v) is 7.07. The van der Waals surface area contributed by atoms with E-state index in [1.165, 1.54) is 35.4 Å². The van der Waals surface area contributed by atoms with Crippen molar-refractivity contribution in [2.45, 2.75) is 38.8 Å². The molecule has 0 aliphatic carbocycles. The first-order valence-corrected chi connectivity index (χ1v) is 14.2. The summed E-state index contributed by atoms with van der Waals surface area (Å²) in [5.41, 5.74) is 1.21. The summed E-state index contributed by atoms with van der Waals surface area (Å²) in [6.45, 7) is 4.20. The number of carbonyl (C=O) groups is 2. The number of esters is 1. The van der Waals surface area contributed by atoms with E-state index in [-0.39, 0.29) is 31.5 Å². The van der Waals surface area contributed by atoms with Crippen LogP contribution in [0.3, 0.4) is 0 Å². The van der Waals surface area contributed by atoms with Gasteiger partial charge in [-0.05, 0) is 63.1 Å². The second kappa shape index (κ2) is 14.0. The number of aromatic nitrogens is 4. The lowest BCUT2D eigenvalue weighted by atomic mass is 10.2. The number of benzene rings is 2. The van der Waals surface area contributed by atoms with Crippen LogP contribution in [0.1, 0.15) is 36.7 Å². The van der Waals surface area contributed by atoms with E-state index in [1.807, 2.05) is 18.2 Å². The number of aliphatic hydroxyl groups is 1. The molecule has 1 atom stereocenters. The van der Waals surface area contributed by atoms with Gasteiger partial charge in [-0.1, -0.05) is 6.07 Å². The van der Waals surface area contributed by atoms with Crippen LogP contribution in [0.25, 0.3) is 10.9 Å². The topological polar surface area (TPSA) is 144 Å². The van der Waals surface area contributed by atoms with Gasteiger partial charge in [0, 0.05) is 35.9 Å². The molecule has 1 saturated heterocycles. The highest BCUT2D eigenvalue weighted by Gasteiger charge is 2.23. The van der Waals surface area contributed by atoms with Crippen molar-refractivity contribution in [1.29, 1.82) is 0 Å². The summed E-state index contributed by atoms with van der Waals surface area (Å²) in [5, 5.41) is 20.2. The number of nitrogens with one attached hydrogen (secondary N) is 2. The van der Waals surface area contributed by atoms with E-state index < -0.39 is 17.7 Å². The molecule has 2 aromatic heterocycles. The monoisotopic (exact) mass is 591 g/mol. The highest BCUT2D eigenvalue weighted by Crippen LogP contribution is 2.28. The third kappa shape index (κ3) is 7.62. The highest BCUT2D eigenvalue weighted by atomic mass is 19.1. The van der Waals surface area contributed by atoms with Crippen LogP contribution in [0, 0.1) is 5.82 Å². The second-order valence-corrected chi connectivity index (χ2v) is 10.1. The molecule has 12 nitrogen and oxygen atoms in total. The Hall–Kier alpha value is -4.62. The van der Waals surface area contributed by atoms with E-state index in [9.17, 15) is 19.1 Å². The maximum atomic E-state index is 13.5. The van der Waals surface area contributed by atoms with Crippen LogP contribution >= 0.6 is 0 Å². The molecule has 2 aromatic carbocycles. The summed E-state index contributed by atoms with van der Waals surface area (Å²) >= 11 is 0. The molecule has 4 aromatic rings. The van der Waals surface area contributed by atoms with Gasteiger partial charge in [0.2, 0.25) is 5.91 Å². The fourth-order valence-corrected chi connectivity index (χ4v) is 5.07. The first-order valence-electron chi connectivity index (χ1n) is 14.2. The Morgan fingerprint density at radius 3 is 2.88 bits per heavy atom. The van der Waals surface area contributed by atoms with Crippen LogP contribution in [0.15, 0.2) is 55.0 Å². The minimum absolute atomic E-state index is 0.0199. The van der Waals surface area contributed by atoms with Crippen LogP contribution in [0.5, 0.6) is 5.75 Å². The van der Waals surface area contributed by atoms with Crippen molar-refractivity contribution in [3.8, 4) is 5.75 Å². The van der Waals surface area contributed by atoms with Gasteiger partial charge in [-0.3, -0.25) is 14.4 Å². The lowest BCUT2D eigenvalue weighted by Crippen LogP contribution is -2.33. The van der Waals surface area contributed by atoms with E-state index in [1.54, 1.807) is 13.0 Å². The number of nitrogens with zero attached hydrogens (tertiary/aromatic N) is 5. The smallest absolute Gasteiger partial charge is 0.361 e. The second-order valence-electron chi connectivity index (χ2n) is 10.1. The Bertz CT molecular complexity index is 1580. The summed E-state index contributed by atoms with van der Waals surface area (Å²) < 4.78 is 25.9. The normalized spacial score (nSPS) is 15.0. The van der Waals surface area contributed by atoms with Crippen molar-refractivity contribution in [2.75, 3.05) is 43.5 Å². The van der Waals surface area contributed by atoms with Gasteiger partial charge >= 0.3 is 5.97 Å². The molecule has 0 spiro atoms. The van der Waals surface area contributed by atoms with Gasteiger partial charge in [0.05, 0.1) is 31.0 Å². The van der Waals surface area contributed by atoms with Crippen LogP contribution in [-0.2, 0) is 16.1 Å². The zero-order chi connectivity index (χ0) is 30.2. The van der Waals surface area contributed by atoms with Crippen molar-refractivity contribution >= 4 is 40.0 Å². The van der Waals surface area contributed by atoms with Crippen molar-refractivity contribution in [3.63, 3.8) is 0 Å². The van der Waals surface area contributed by atoms with Crippen molar-refractivity contribution in [1.82, 2.24) is 24.6 Å². The highest BCUT2D eigenvalue weighted by molar-refractivity contribution is 5.97. The van der Waals surface area contributed by atoms with Gasteiger partial charge in [-0.15, -0.1) is 0 Å². The number of anilines is 3. The standard InChI is InChI=1S/C30H34FN7O5/c1-2-42-30(41)28-26(16-38(36-28)17-27(40)34-21-7-3-6-20(31)14-21)35-29-24-10-9-23(15-25(24)32-19-33-29)43-13-5-12-37-11-4-8-22(37)18-39/h3,6-7,9-10,14-16,19,22,39H,2,4-5,8,11-13,17-18H2,1H3,(H,34,40)(H,32,33,35)/t22-/m1/s1. The number of ether oxygens (including phenoxy) is 2. The number of fused-ring (bicyclic) bond motifs is 1. The van der Waals surface area contributed by atoms with E-state index in [4.69, 9.17) is 9.47 Å². The van der Waals surface area contributed by atoms with Gasteiger partial charge in [-0.25, -0.2) is 19.2 Å². The molecule has 0 unspecified atom stereocenters. The lowest BCUT2D eigenvalue weighted by molar-refractivity contribution is -0.116. The lowest BCUT2D eigenvalue weighted by Gasteiger charge is -2.22. The molecule has 43 heavy (non-hydrogen) atoms. The summed E-state index contributed by atoms with van der Waals surface area (Å²) in [6, 6.07) is 11.3. The number of halogens is 1. The number of hydrogen-bond donors (Lipinski definition) is 3. The Balaban J connectivity index is 1.27. The molecular weight excluding hydrogens is 557 g/mol. The molecule has 3 heterocycles. The molecule has 1 aliphatic rings. The largest absolute Gasteiger partial charge is 0.493 e. The zero-order valence-electron chi connectivity index (χ0n) is 23.8. The van der Waals surface area contributed by atoms with Gasteiger partial charge in [-0.2, -0.15) is 5.10 Å². The molecule has 5 rings (SSSR count). The van der Waals surface area contributed by atoms with E-state index in [0.29, 0.717) is 40.5 Å². The van der Waals surface area contributed by atoms with Gasteiger partial charge in [0.25, 0.3) is 0 Å². The summed E-state index contributed by atoms with van der Waals surface area (Å²) in [7, 11) is 0. The summed E-state index contributed by atoms with van der Waals surface area (Å²) in [6.07, 6.45) is 5.89. The Kier molecular flexibility index (Phi) is 9.74. The molecule has 3 N–H and O–H groups in total. The molecule has 226 valence electrons. The van der Waals surface area contributed by atoms with Crippen molar-refractivity contribution < 1.29 is 28.6 Å². The van der Waals surface area contributed by atoms with E-state index >= 15 is 0 Å². The molecule has 1 amide bonds. The van der Waals surface area contributed by atoms with Crippen LogP contribution in [-0.4, -0.2) is 80.6 Å². The Morgan fingerprint density at radius 1 is 1.19 bits per heavy atom. The maximum absolute atomic E-state index is 13.5. The fourth-order valence-electron chi connectivity index (χ4n) is 5.07. The quantitative estimate of drug-likeness (QED) is 0.155. The van der Waals surface area contributed by atoms with E-state index in [2.05, 4.69) is 30.6 Å². The van der Waals surface area contributed by atoms with Crippen LogP contribution < -0.4 is 15.4 Å². The average Bonchev–Trinajstić information content (AvgIpc) is 3.62. The first kappa shape index (κ1) is 29.9. The van der Waals surface area contributed by atoms with Gasteiger partial charge < -0.3 is 25.2 Å². The molecule has 0 bridgehead atoms. The molecule has 1 fully saturated rings.